The van der Waals surface area contributed by atoms with Crippen molar-refractivity contribution in [1.29, 1.82) is 0 Å². The predicted molar refractivity (Wildman–Crippen MR) is 42.6 cm³/mol. The van der Waals surface area contributed by atoms with Gasteiger partial charge in [0.25, 0.3) is 0 Å². The van der Waals surface area contributed by atoms with Crippen molar-refractivity contribution < 1.29 is 8.76 Å². The minimum atomic E-state index is -1.64. The lowest BCUT2D eigenvalue weighted by Crippen LogP contribution is -1.92. The van der Waals surface area contributed by atoms with Gasteiger partial charge in [-0.3, -0.25) is 0 Å². The molecule has 0 fully saturated rings. The van der Waals surface area contributed by atoms with Crippen LogP contribution >= 0.6 is 45.2 Å². The molecule has 1 unspecified atom stereocenters. The highest BCUT2D eigenvalue weighted by Crippen LogP contribution is 2.11. The predicted octanol–water partition coefficient (Wildman–Crippen LogP) is 1.36. The first-order chi connectivity index (χ1) is 2.64. The summed E-state index contributed by atoms with van der Waals surface area (Å²) >= 11 is 2.09. The van der Waals surface area contributed by atoms with Gasteiger partial charge in [-0.05, 0) is 0 Å². The molecule has 0 radical (unpaired) electrons. The summed E-state index contributed by atoms with van der Waals surface area (Å²) in [7, 11) is 0. The topological polar surface area (TPSA) is 37.3 Å². The molecule has 0 saturated heterocycles. The Morgan fingerprint density at radius 3 is 1.83 bits per heavy atom. The first-order valence-electron chi connectivity index (χ1n) is 1.02. The lowest BCUT2D eigenvalue weighted by atomic mass is 11.9. The van der Waals surface area contributed by atoms with Gasteiger partial charge in [-0.2, -0.15) is 0 Å². The summed E-state index contributed by atoms with van der Waals surface area (Å²) in [6.45, 7) is 0. The Hall–Kier alpha value is 1.57. The third-order valence-corrected chi connectivity index (χ3v) is 3.07. The average molecular weight is 332 g/mol. The maximum Gasteiger partial charge on any atom is 0.176 e. The molecule has 0 amide bonds. The zero-order chi connectivity index (χ0) is 5.15. The molecule has 0 saturated carbocycles. The summed E-state index contributed by atoms with van der Waals surface area (Å²) in [5, 5.41) is 0. The van der Waals surface area contributed by atoms with Crippen LogP contribution in [0, 0.1) is 0 Å². The second kappa shape index (κ2) is 3.56. The van der Waals surface area contributed by atoms with Crippen LogP contribution in [0.2, 0.25) is 0 Å². The average Bonchev–Trinajstić information content (AvgIpc) is 1.36. The lowest BCUT2D eigenvalue weighted by molar-refractivity contribution is 0.569. The Morgan fingerprint density at radius 1 is 1.67 bits per heavy atom. The molecular weight excluding hydrogens is 330 g/mol. The Kier molecular flexibility index (Phi) is 4.49. The highest BCUT2D eigenvalue weighted by molar-refractivity contribution is 14.2. The van der Waals surface area contributed by atoms with Gasteiger partial charge in [0.15, 0.2) is 12.3 Å². The maximum atomic E-state index is 9.80. The lowest BCUT2D eigenvalue weighted by Gasteiger charge is -1.86. The van der Waals surface area contributed by atoms with Gasteiger partial charge in [0, 0.05) is 0 Å². The van der Waals surface area contributed by atoms with E-state index in [9.17, 15) is 4.21 Å². The number of alkyl halides is 2. The van der Waals surface area contributed by atoms with E-state index in [0.717, 1.165) is 0 Å². The maximum absolute atomic E-state index is 9.80. The van der Waals surface area contributed by atoms with Gasteiger partial charge in [0.1, 0.15) is 0 Å². The van der Waals surface area contributed by atoms with Crippen molar-refractivity contribution in [3.8, 4) is 0 Å². The first kappa shape index (κ1) is 7.57. The second-order valence-electron chi connectivity index (χ2n) is 0.537. The van der Waals surface area contributed by atoms with E-state index in [2.05, 4.69) is 0 Å². The Bertz CT molecular complexity index is 62.6. The molecule has 1 atom stereocenters. The molecule has 0 aromatic rings. The van der Waals surface area contributed by atoms with Crippen molar-refractivity contribution in [3.05, 3.63) is 0 Å². The second-order valence-corrected chi connectivity index (χ2v) is 8.13. The van der Waals surface area contributed by atoms with Crippen LogP contribution in [0.3, 0.4) is 0 Å². The number of hydrogen-bond donors (Lipinski definition) is 1. The SMILES string of the molecule is O=S(O)C(I)I. The molecule has 2 nitrogen and oxygen atoms in total. The quantitative estimate of drug-likeness (QED) is 0.447. The zero-order valence-electron chi connectivity index (χ0n) is 2.60. The molecule has 0 heterocycles. The number of halogens is 2. The summed E-state index contributed by atoms with van der Waals surface area (Å²) in [6.07, 6.45) is 0. The van der Waals surface area contributed by atoms with Crippen molar-refractivity contribution in [2.24, 2.45) is 0 Å². The Labute approximate surface area is 65.6 Å². The highest BCUT2D eigenvalue weighted by Gasteiger charge is 2.00. The third kappa shape index (κ3) is 3.75. The van der Waals surface area contributed by atoms with Gasteiger partial charge >= 0.3 is 0 Å². The molecule has 0 aliphatic heterocycles. The molecular formula is CH2I2O2S. The molecule has 5 heteroatoms. The van der Waals surface area contributed by atoms with E-state index in [1.54, 1.807) is 0 Å². The van der Waals surface area contributed by atoms with E-state index in [1.165, 1.54) is 0 Å². The van der Waals surface area contributed by atoms with Gasteiger partial charge < -0.3 is 4.55 Å². The molecule has 0 spiro atoms. The van der Waals surface area contributed by atoms with Gasteiger partial charge in [0.2, 0.25) is 0 Å². The van der Waals surface area contributed by atoms with Crippen molar-refractivity contribution in [2.45, 2.75) is 1.26 Å². The van der Waals surface area contributed by atoms with Crippen molar-refractivity contribution in [3.63, 3.8) is 0 Å². The fraction of sp³-hybridized carbons (Fsp3) is 1.00. The van der Waals surface area contributed by atoms with Gasteiger partial charge in [-0.15, -0.1) is 0 Å². The van der Waals surface area contributed by atoms with E-state index in [4.69, 9.17) is 4.55 Å². The van der Waals surface area contributed by atoms with E-state index < -0.39 is 11.1 Å². The standard InChI is InChI=1S/CH2I2O2S/c2-1(3)6(4)5/h1H,(H,4,5). The minimum absolute atomic E-state index is 0.180. The summed E-state index contributed by atoms with van der Waals surface area (Å²) in [5.41, 5.74) is 0. The van der Waals surface area contributed by atoms with E-state index in [0.29, 0.717) is 0 Å². The molecule has 38 valence electrons. The smallest absolute Gasteiger partial charge is 0.176 e. The first-order valence-corrected chi connectivity index (χ1v) is 4.68. The molecule has 0 aromatic carbocycles. The third-order valence-electron chi connectivity index (χ3n) is 0.152. The molecule has 0 bridgehead atoms. The van der Waals surface area contributed by atoms with Crippen molar-refractivity contribution in [1.82, 2.24) is 0 Å². The zero-order valence-corrected chi connectivity index (χ0v) is 7.73. The van der Waals surface area contributed by atoms with Gasteiger partial charge in [-0.25, -0.2) is 4.21 Å². The summed E-state index contributed by atoms with van der Waals surface area (Å²) in [4.78, 5) is 0. The summed E-state index contributed by atoms with van der Waals surface area (Å²) in [5.74, 6) is 0. The van der Waals surface area contributed by atoms with Crippen LogP contribution in [-0.4, -0.2) is 10.0 Å². The summed E-state index contributed by atoms with van der Waals surface area (Å²) < 4.78 is 17.7. The molecule has 1 N–H and O–H groups in total. The van der Waals surface area contributed by atoms with E-state index in [-0.39, 0.29) is 1.26 Å². The monoisotopic (exact) mass is 332 g/mol. The van der Waals surface area contributed by atoms with E-state index >= 15 is 0 Å². The molecule has 0 rings (SSSR count). The Balaban J connectivity index is 3.26. The fourth-order valence-corrected chi connectivity index (χ4v) is 0. The number of hydrogen-bond acceptors (Lipinski definition) is 1. The van der Waals surface area contributed by atoms with Crippen molar-refractivity contribution >= 4 is 56.3 Å². The van der Waals surface area contributed by atoms with Crippen LogP contribution in [0.5, 0.6) is 0 Å². The largest absolute Gasteiger partial charge is 0.305 e. The van der Waals surface area contributed by atoms with E-state index in [1.807, 2.05) is 45.2 Å². The minimum Gasteiger partial charge on any atom is -0.305 e. The van der Waals surface area contributed by atoms with Crippen LogP contribution < -0.4 is 0 Å². The summed E-state index contributed by atoms with van der Waals surface area (Å²) in [6, 6.07) is 0. The normalized spacial score (nSPS) is 15.3. The van der Waals surface area contributed by atoms with Gasteiger partial charge in [-0.1, -0.05) is 45.2 Å². The van der Waals surface area contributed by atoms with Crippen LogP contribution in [0.15, 0.2) is 0 Å². The van der Waals surface area contributed by atoms with Crippen LogP contribution in [-0.2, 0) is 11.1 Å². The van der Waals surface area contributed by atoms with Crippen LogP contribution in [0.1, 0.15) is 0 Å². The van der Waals surface area contributed by atoms with Gasteiger partial charge in [0.05, 0.1) is 0 Å². The van der Waals surface area contributed by atoms with Crippen LogP contribution in [0.25, 0.3) is 0 Å². The molecule has 0 aliphatic rings. The van der Waals surface area contributed by atoms with Crippen LogP contribution in [0.4, 0.5) is 0 Å². The molecule has 6 heavy (non-hydrogen) atoms. The molecule has 0 aliphatic carbocycles. The fourth-order valence-electron chi connectivity index (χ4n) is 0. The Morgan fingerprint density at radius 2 is 1.83 bits per heavy atom. The highest BCUT2D eigenvalue weighted by atomic mass is 127. The molecule has 0 aromatic heterocycles. The van der Waals surface area contributed by atoms with Crippen molar-refractivity contribution in [2.75, 3.05) is 0 Å². The number of rotatable bonds is 1.